The van der Waals surface area contributed by atoms with Gasteiger partial charge >= 0.3 is 0 Å². The fraction of sp³-hybridized carbons (Fsp3) is 0.750. The van der Waals surface area contributed by atoms with E-state index in [1.165, 1.54) is 6.20 Å². The Labute approximate surface area is 117 Å². The van der Waals surface area contributed by atoms with Gasteiger partial charge in [-0.1, -0.05) is 0 Å². The van der Waals surface area contributed by atoms with Gasteiger partial charge in [-0.15, -0.1) is 0 Å². The van der Waals surface area contributed by atoms with Crippen LogP contribution in [0.15, 0.2) is 6.20 Å². The second-order valence-electron chi connectivity index (χ2n) is 4.78. The Hall–Kier alpha value is -1.05. The molecule has 0 atom stereocenters. The van der Waals surface area contributed by atoms with E-state index in [-0.39, 0.29) is 5.91 Å². The number of ether oxygens (including phenoxy) is 1. The molecule has 1 N–H and O–H groups in total. The van der Waals surface area contributed by atoms with E-state index in [4.69, 9.17) is 4.74 Å². The number of methoxy groups -OCH3 is 1. The second kappa shape index (κ2) is 7.52. The molecule has 1 saturated heterocycles. The van der Waals surface area contributed by atoms with Crippen molar-refractivity contribution in [2.45, 2.75) is 12.8 Å². The monoisotopic (exact) mass is 284 g/mol. The van der Waals surface area contributed by atoms with Crippen LogP contribution in [0.4, 0.5) is 0 Å². The number of aromatic nitrogens is 2. The Kier molecular flexibility index (Phi) is 5.68. The standard InChI is InChI=1S/C12H20N4O2S/c1-18-7-6-16-4-2-10(3-5-16)8-13-12(17)11-9-14-19-15-11/h9-10H,2-8H2,1H3,(H,13,17). The molecule has 1 aliphatic heterocycles. The SMILES string of the molecule is COCCN1CCC(CNC(=O)c2cnsn2)CC1. The normalized spacial score (nSPS) is 17.5. The third-order valence-electron chi connectivity index (χ3n) is 3.46. The molecule has 1 fully saturated rings. The number of piperidine rings is 1. The molecule has 19 heavy (non-hydrogen) atoms. The minimum absolute atomic E-state index is 0.115. The summed E-state index contributed by atoms with van der Waals surface area (Å²) >= 11 is 1.06. The van der Waals surface area contributed by atoms with Gasteiger partial charge in [0.25, 0.3) is 5.91 Å². The van der Waals surface area contributed by atoms with Crippen molar-refractivity contribution >= 4 is 17.6 Å². The smallest absolute Gasteiger partial charge is 0.272 e. The summed E-state index contributed by atoms with van der Waals surface area (Å²) in [6.07, 6.45) is 3.76. The Balaban J connectivity index is 1.64. The van der Waals surface area contributed by atoms with Crippen molar-refractivity contribution in [3.8, 4) is 0 Å². The molecule has 0 radical (unpaired) electrons. The molecule has 0 aliphatic carbocycles. The molecule has 1 aliphatic rings. The Bertz CT molecular complexity index is 377. The van der Waals surface area contributed by atoms with Gasteiger partial charge in [0, 0.05) is 20.2 Å². The fourth-order valence-electron chi connectivity index (χ4n) is 2.23. The van der Waals surface area contributed by atoms with E-state index in [0.29, 0.717) is 11.6 Å². The summed E-state index contributed by atoms with van der Waals surface area (Å²) in [5, 5.41) is 2.93. The highest BCUT2D eigenvalue weighted by Gasteiger charge is 2.19. The molecule has 1 amide bonds. The molecular weight excluding hydrogens is 264 g/mol. The number of rotatable bonds is 6. The van der Waals surface area contributed by atoms with Gasteiger partial charge in [0.2, 0.25) is 0 Å². The van der Waals surface area contributed by atoms with Gasteiger partial charge in [-0.05, 0) is 31.8 Å². The van der Waals surface area contributed by atoms with Crippen molar-refractivity contribution in [1.29, 1.82) is 0 Å². The number of hydrogen-bond acceptors (Lipinski definition) is 6. The lowest BCUT2D eigenvalue weighted by Gasteiger charge is -2.31. The van der Waals surface area contributed by atoms with Crippen molar-refractivity contribution in [2.24, 2.45) is 5.92 Å². The van der Waals surface area contributed by atoms with Crippen molar-refractivity contribution < 1.29 is 9.53 Å². The van der Waals surface area contributed by atoms with Gasteiger partial charge in [0.15, 0.2) is 5.69 Å². The zero-order chi connectivity index (χ0) is 13.5. The van der Waals surface area contributed by atoms with Crippen LogP contribution < -0.4 is 5.32 Å². The number of likely N-dealkylation sites (tertiary alicyclic amines) is 1. The molecule has 106 valence electrons. The predicted molar refractivity (Wildman–Crippen MR) is 73.3 cm³/mol. The number of nitrogens with zero attached hydrogens (tertiary/aromatic N) is 3. The topological polar surface area (TPSA) is 67.3 Å². The Morgan fingerprint density at radius 1 is 1.58 bits per heavy atom. The molecule has 7 heteroatoms. The Morgan fingerprint density at radius 3 is 3.00 bits per heavy atom. The van der Waals surface area contributed by atoms with E-state index >= 15 is 0 Å². The summed E-state index contributed by atoms with van der Waals surface area (Å²) < 4.78 is 12.8. The van der Waals surface area contributed by atoms with E-state index in [9.17, 15) is 4.79 Å². The van der Waals surface area contributed by atoms with Crippen LogP contribution in [0, 0.1) is 5.92 Å². The highest BCUT2D eigenvalue weighted by atomic mass is 32.1. The van der Waals surface area contributed by atoms with Crippen molar-refractivity contribution in [3.63, 3.8) is 0 Å². The van der Waals surface area contributed by atoms with E-state index < -0.39 is 0 Å². The largest absolute Gasteiger partial charge is 0.383 e. The zero-order valence-corrected chi connectivity index (χ0v) is 12.0. The van der Waals surface area contributed by atoms with Gasteiger partial charge in [-0.2, -0.15) is 8.75 Å². The summed E-state index contributed by atoms with van der Waals surface area (Å²) in [5.74, 6) is 0.449. The molecular formula is C12H20N4O2S. The van der Waals surface area contributed by atoms with Gasteiger partial charge in [-0.25, -0.2) is 0 Å². The average Bonchev–Trinajstić information content (AvgIpc) is 2.98. The minimum atomic E-state index is -0.115. The molecule has 0 aromatic carbocycles. The van der Waals surface area contributed by atoms with E-state index in [1.807, 2.05) is 0 Å². The van der Waals surface area contributed by atoms with Gasteiger partial charge < -0.3 is 15.0 Å². The molecule has 0 unspecified atom stereocenters. The van der Waals surface area contributed by atoms with Gasteiger partial charge in [-0.3, -0.25) is 4.79 Å². The van der Waals surface area contributed by atoms with Crippen molar-refractivity contribution in [1.82, 2.24) is 19.0 Å². The number of hydrogen-bond donors (Lipinski definition) is 1. The van der Waals surface area contributed by atoms with Crippen LogP contribution in [0.5, 0.6) is 0 Å². The quantitative estimate of drug-likeness (QED) is 0.830. The number of nitrogens with one attached hydrogen (secondary N) is 1. The third kappa shape index (κ3) is 4.52. The minimum Gasteiger partial charge on any atom is -0.383 e. The predicted octanol–water partition coefficient (Wildman–Crippen LogP) is 0.626. The number of carbonyl (C=O) groups is 1. The first kappa shape index (κ1) is 14.4. The summed E-state index contributed by atoms with van der Waals surface area (Å²) in [5.41, 5.74) is 0.419. The Morgan fingerprint density at radius 2 is 2.37 bits per heavy atom. The van der Waals surface area contributed by atoms with Crippen LogP contribution in [0.3, 0.4) is 0 Å². The maximum atomic E-state index is 11.7. The van der Waals surface area contributed by atoms with Gasteiger partial charge in [0.05, 0.1) is 24.5 Å². The molecule has 2 heterocycles. The van der Waals surface area contributed by atoms with E-state index in [0.717, 1.165) is 57.4 Å². The van der Waals surface area contributed by atoms with Crippen LogP contribution >= 0.6 is 11.7 Å². The van der Waals surface area contributed by atoms with E-state index in [1.54, 1.807) is 7.11 Å². The average molecular weight is 284 g/mol. The molecule has 0 bridgehead atoms. The maximum Gasteiger partial charge on any atom is 0.272 e. The molecule has 2 rings (SSSR count). The molecule has 6 nitrogen and oxygen atoms in total. The van der Waals surface area contributed by atoms with Crippen LogP contribution in [-0.2, 0) is 4.74 Å². The highest BCUT2D eigenvalue weighted by Crippen LogP contribution is 2.16. The van der Waals surface area contributed by atoms with Crippen molar-refractivity contribution in [3.05, 3.63) is 11.9 Å². The lowest BCUT2D eigenvalue weighted by atomic mass is 9.97. The fourth-order valence-corrected chi connectivity index (χ4v) is 2.64. The van der Waals surface area contributed by atoms with E-state index in [2.05, 4.69) is 19.0 Å². The van der Waals surface area contributed by atoms with Crippen LogP contribution in [0.25, 0.3) is 0 Å². The number of amides is 1. The molecule has 1 aromatic rings. The third-order valence-corrected chi connectivity index (χ3v) is 3.94. The summed E-state index contributed by atoms with van der Waals surface area (Å²) in [6, 6.07) is 0. The molecule has 1 aromatic heterocycles. The zero-order valence-electron chi connectivity index (χ0n) is 11.2. The summed E-state index contributed by atoms with van der Waals surface area (Å²) in [4.78, 5) is 14.1. The van der Waals surface area contributed by atoms with Crippen LogP contribution in [0.2, 0.25) is 0 Å². The van der Waals surface area contributed by atoms with Crippen molar-refractivity contribution in [2.75, 3.05) is 39.9 Å². The maximum absolute atomic E-state index is 11.7. The lowest BCUT2D eigenvalue weighted by Crippen LogP contribution is -2.39. The number of carbonyl (C=O) groups excluding carboxylic acids is 1. The van der Waals surface area contributed by atoms with Gasteiger partial charge in [0.1, 0.15) is 0 Å². The summed E-state index contributed by atoms with van der Waals surface area (Å²) in [6.45, 7) is 4.69. The van der Waals surface area contributed by atoms with Crippen LogP contribution in [-0.4, -0.2) is 59.4 Å². The first-order valence-corrected chi connectivity index (χ1v) is 7.29. The second-order valence-corrected chi connectivity index (χ2v) is 5.34. The highest BCUT2D eigenvalue weighted by molar-refractivity contribution is 6.99. The summed E-state index contributed by atoms with van der Waals surface area (Å²) in [7, 11) is 1.73. The molecule has 0 saturated carbocycles. The van der Waals surface area contributed by atoms with Crippen LogP contribution in [0.1, 0.15) is 23.3 Å². The molecule has 0 spiro atoms. The lowest BCUT2D eigenvalue weighted by molar-refractivity contribution is 0.0922. The first-order chi connectivity index (χ1) is 9.29. The first-order valence-electron chi connectivity index (χ1n) is 6.56.